The highest BCUT2D eigenvalue weighted by molar-refractivity contribution is 7.80. The summed E-state index contributed by atoms with van der Waals surface area (Å²) in [6, 6.07) is 22.3. The van der Waals surface area contributed by atoms with Crippen LogP contribution in [-0.4, -0.2) is 89.8 Å². The van der Waals surface area contributed by atoms with E-state index in [0.717, 1.165) is 22.4 Å². The molecule has 2 amide bonds. The van der Waals surface area contributed by atoms with Crippen LogP contribution in [0.4, 0.5) is 22.9 Å². The second kappa shape index (κ2) is 16.7. The zero-order chi connectivity index (χ0) is 36.6. The van der Waals surface area contributed by atoms with Gasteiger partial charge in [-0.05, 0) is 66.7 Å². The molecule has 15 nitrogen and oxygen atoms in total. The number of imidazole rings is 1. The van der Waals surface area contributed by atoms with Crippen molar-refractivity contribution in [2.24, 2.45) is 0 Å². The quantitative estimate of drug-likeness (QED) is 0.0649. The predicted octanol–water partition coefficient (Wildman–Crippen LogP) is 2.32. The molecule has 52 heavy (non-hydrogen) atoms. The van der Waals surface area contributed by atoms with Crippen LogP contribution >= 0.6 is 12.2 Å². The van der Waals surface area contributed by atoms with Gasteiger partial charge in [-0.1, -0.05) is 42.0 Å². The van der Waals surface area contributed by atoms with Crippen molar-refractivity contribution in [2.75, 3.05) is 35.6 Å². The molecule has 0 bridgehead atoms. The number of aromatic nitrogens is 4. The molecule has 5 aromatic rings. The van der Waals surface area contributed by atoms with Crippen molar-refractivity contribution >= 4 is 63.2 Å². The molecule has 4 atom stereocenters. The van der Waals surface area contributed by atoms with Gasteiger partial charge in [-0.3, -0.25) is 14.2 Å². The molecule has 0 spiro atoms. The summed E-state index contributed by atoms with van der Waals surface area (Å²) in [6.45, 7) is 2.47. The van der Waals surface area contributed by atoms with Crippen molar-refractivity contribution in [3.05, 3.63) is 102 Å². The lowest BCUT2D eigenvalue weighted by atomic mass is 10.1. The molecule has 270 valence electrons. The molecular formula is C36H39N9O6S. The minimum Gasteiger partial charge on any atom is -0.394 e. The maximum atomic E-state index is 12.8. The standard InChI is InChI=1S/C36H39N9O6S/c1-21-2-8-26(9-3-21)44-36(52)38-15-14-37-28(47)16-22-4-10-24(11-5-22)42-29(48)17-23-6-12-25(13-7-23)43-33-30-34(40-19-39-33)45(20-41-30)35-32(50)31(49)27(18-46)51-35/h2-13,19-20,27,31-32,35,46,49-50H,14-18H2,1H3,(H,37,47)(H,42,48)(H2,38,44,52)(H,39,40,43)/t27-,31-,32-,35?/m1/s1. The second-order valence-corrected chi connectivity index (χ2v) is 12.7. The van der Waals surface area contributed by atoms with Gasteiger partial charge in [0.05, 0.1) is 25.8 Å². The summed E-state index contributed by atoms with van der Waals surface area (Å²) in [4.78, 5) is 38.1. The molecule has 1 saturated heterocycles. The van der Waals surface area contributed by atoms with Crippen molar-refractivity contribution < 1.29 is 29.6 Å². The topological polar surface area (TPSA) is 208 Å². The Morgan fingerprint density at radius 3 is 2.08 bits per heavy atom. The lowest BCUT2D eigenvalue weighted by Gasteiger charge is -2.16. The number of anilines is 4. The molecule has 0 saturated carbocycles. The van der Waals surface area contributed by atoms with Crippen LogP contribution in [-0.2, 0) is 27.2 Å². The largest absolute Gasteiger partial charge is 0.394 e. The van der Waals surface area contributed by atoms with E-state index >= 15 is 0 Å². The van der Waals surface area contributed by atoms with Crippen molar-refractivity contribution in [2.45, 2.75) is 44.3 Å². The molecule has 3 heterocycles. The van der Waals surface area contributed by atoms with E-state index in [1.165, 1.54) is 17.2 Å². The Morgan fingerprint density at radius 2 is 1.40 bits per heavy atom. The van der Waals surface area contributed by atoms with Crippen LogP contribution in [0.15, 0.2) is 85.5 Å². The smallest absolute Gasteiger partial charge is 0.228 e. The highest BCUT2D eigenvalue weighted by Gasteiger charge is 2.44. The Kier molecular flexibility index (Phi) is 11.6. The summed E-state index contributed by atoms with van der Waals surface area (Å²) in [6.07, 6.45) is -1.31. The van der Waals surface area contributed by atoms with Crippen LogP contribution in [0.1, 0.15) is 22.9 Å². The van der Waals surface area contributed by atoms with Crippen molar-refractivity contribution in [1.82, 2.24) is 30.2 Å². The molecule has 1 fully saturated rings. The van der Waals surface area contributed by atoms with Crippen LogP contribution < -0.4 is 26.6 Å². The molecule has 8 N–H and O–H groups in total. The number of rotatable bonds is 13. The summed E-state index contributed by atoms with van der Waals surface area (Å²) in [5.74, 6) is 0.0935. The van der Waals surface area contributed by atoms with Gasteiger partial charge in [-0.15, -0.1) is 0 Å². The molecule has 1 aliphatic rings. The first-order valence-electron chi connectivity index (χ1n) is 16.6. The highest BCUT2D eigenvalue weighted by Crippen LogP contribution is 2.32. The fraction of sp³-hybridized carbons (Fsp3) is 0.278. The third kappa shape index (κ3) is 9.03. The van der Waals surface area contributed by atoms with Crippen molar-refractivity contribution in [3.63, 3.8) is 0 Å². The number of thiocarbonyl (C=S) groups is 1. The van der Waals surface area contributed by atoms with Crippen LogP contribution in [0.2, 0.25) is 0 Å². The SMILES string of the molecule is Cc1ccc(NC(=S)NCCNC(=O)Cc2ccc(NC(=O)Cc3ccc(Nc4ncnc5c4ncn5C4O[C@H](CO)[C@@H](O)[C@H]4O)cc3)cc2)cc1. The van der Waals surface area contributed by atoms with Crippen LogP contribution in [0.3, 0.4) is 0 Å². The summed E-state index contributed by atoms with van der Waals surface area (Å²) in [7, 11) is 0. The third-order valence-corrected chi connectivity index (χ3v) is 8.62. The number of nitrogens with zero attached hydrogens (tertiary/aromatic N) is 4. The van der Waals surface area contributed by atoms with E-state index in [4.69, 9.17) is 17.0 Å². The summed E-state index contributed by atoms with van der Waals surface area (Å²) in [5.41, 5.74) is 5.76. The van der Waals surface area contributed by atoms with Gasteiger partial charge in [0, 0.05) is 30.2 Å². The van der Waals surface area contributed by atoms with E-state index in [1.54, 1.807) is 24.3 Å². The van der Waals surface area contributed by atoms with Gasteiger partial charge in [0.1, 0.15) is 24.6 Å². The lowest BCUT2D eigenvalue weighted by molar-refractivity contribution is -0.120. The third-order valence-electron chi connectivity index (χ3n) is 8.38. The van der Waals surface area contributed by atoms with Crippen LogP contribution in [0.25, 0.3) is 11.2 Å². The minimum absolute atomic E-state index is 0.121. The maximum absolute atomic E-state index is 12.8. The summed E-state index contributed by atoms with van der Waals surface area (Å²) >= 11 is 5.30. The number of fused-ring (bicyclic) bond motifs is 1. The van der Waals surface area contributed by atoms with Crippen LogP contribution in [0, 0.1) is 6.92 Å². The zero-order valence-electron chi connectivity index (χ0n) is 28.2. The Hall–Kier alpha value is -5.52. The first-order valence-corrected chi connectivity index (χ1v) is 17.0. The molecule has 16 heteroatoms. The zero-order valence-corrected chi connectivity index (χ0v) is 29.0. The normalized spacial score (nSPS) is 18.2. The molecular weight excluding hydrogens is 687 g/mol. The molecule has 2 aromatic heterocycles. The average molecular weight is 726 g/mol. The number of carbonyl (C=O) groups is 2. The van der Waals surface area contributed by atoms with E-state index in [0.29, 0.717) is 46.6 Å². The van der Waals surface area contributed by atoms with Gasteiger partial charge in [-0.25, -0.2) is 15.0 Å². The van der Waals surface area contributed by atoms with Gasteiger partial charge >= 0.3 is 0 Å². The number of aryl methyl sites for hydroxylation is 1. The summed E-state index contributed by atoms with van der Waals surface area (Å²) < 4.78 is 7.11. The second-order valence-electron chi connectivity index (χ2n) is 12.3. The monoisotopic (exact) mass is 725 g/mol. The molecule has 1 aliphatic heterocycles. The maximum Gasteiger partial charge on any atom is 0.228 e. The number of carbonyl (C=O) groups excluding carboxylic acids is 2. The van der Waals surface area contributed by atoms with Crippen LogP contribution in [0.5, 0.6) is 0 Å². The fourth-order valence-corrected chi connectivity index (χ4v) is 5.84. The fourth-order valence-electron chi connectivity index (χ4n) is 5.62. The van der Waals surface area contributed by atoms with E-state index in [2.05, 4.69) is 41.5 Å². The van der Waals surface area contributed by atoms with Gasteiger partial charge in [-0.2, -0.15) is 0 Å². The number of nitrogens with one attached hydrogen (secondary N) is 5. The Balaban J connectivity index is 0.935. The number of amides is 2. The molecule has 0 aliphatic carbocycles. The Labute approximate surface area is 304 Å². The minimum atomic E-state index is -1.28. The molecule has 3 aromatic carbocycles. The number of hydrogen-bond donors (Lipinski definition) is 8. The Bertz CT molecular complexity index is 2010. The van der Waals surface area contributed by atoms with Gasteiger partial charge < -0.3 is 46.6 Å². The van der Waals surface area contributed by atoms with Gasteiger partial charge in [0.15, 0.2) is 28.3 Å². The first kappa shape index (κ1) is 36.3. The van der Waals surface area contributed by atoms with E-state index in [-0.39, 0.29) is 24.7 Å². The Morgan fingerprint density at radius 1 is 0.788 bits per heavy atom. The van der Waals surface area contributed by atoms with Crippen molar-refractivity contribution in [3.8, 4) is 0 Å². The summed E-state index contributed by atoms with van der Waals surface area (Å²) in [5, 5.41) is 45.6. The average Bonchev–Trinajstić information content (AvgIpc) is 3.69. The van der Waals surface area contributed by atoms with E-state index in [1.807, 2.05) is 55.5 Å². The van der Waals surface area contributed by atoms with Gasteiger partial charge in [0.2, 0.25) is 11.8 Å². The molecule has 0 radical (unpaired) electrons. The number of aliphatic hydroxyl groups is 3. The molecule has 1 unspecified atom stereocenters. The first-order chi connectivity index (χ1) is 25.2. The van der Waals surface area contributed by atoms with E-state index < -0.39 is 31.1 Å². The number of ether oxygens (including phenoxy) is 1. The lowest BCUT2D eigenvalue weighted by Crippen LogP contribution is -2.37. The number of aliphatic hydroxyl groups excluding tert-OH is 3. The predicted molar refractivity (Wildman–Crippen MR) is 199 cm³/mol. The number of hydrogen-bond acceptors (Lipinski definition) is 11. The highest BCUT2D eigenvalue weighted by atomic mass is 32.1. The van der Waals surface area contributed by atoms with Crippen molar-refractivity contribution in [1.29, 1.82) is 0 Å². The number of benzene rings is 3. The molecule has 6 rings (SSSR count). The van der Waals surface area contributed by atoms with Gasteiger partial charge in [0.25, 0.3) is 0 Å². The van der Waals surface area contributed by atoms with E-state index in [9.17, 15) is 24.9 Å².